The van der Waals surface area contributed by atoms with Gasteiger partial charge in [0.05, 0.1) is 10.7 Å². The molecule has 0 radical (unpaired) electrons. The van der Waals surface area contributed by atoms with Crippen LogP contribution in [0.4, 0.5) is 0 Å². The Bertz CT molecular complexity index is 1040. The van der Waals surface area contributed by atoms with Gasteiger partial charge in [-0.2, -0.15) is 5.10 Å². The van der Waals surface area contributed by atoms with Crippen LogP contribution in [0.15, 0.2) is 42.7 Å². The van der Waals surface area contributed by atoms with Crippen molar-refractivity contribution in [3.8, 4) is 11.6 Å². The number of aryl methyl sites for hydroxylation is 2. The van der Waals surface area contributed by atoms with E-state index in [1.165, 1.54) is 0 Å². The number of aromatic nitrogens is 3. The molecule has 3 aromatic rings. The molecule has 2 heterocycles. The second kappa shape index (κ2) is 9.49. The van der Waals surface area contributed by atoms with Crippen molar-refractivity contribution >= 4 is 29.1 Å². The van der Waals surface area contributed by atoms with Crippen LogP contribution in [0.5, 0.6) is 11.6 Å². The maximum absolute atomic E-state index is 13.7. The molecular formula is C22H24Cl2N4O2. The largest absolute Gasteiger partial charge is 0.437 e. The third kappa shape index (κ3) is 4.60. The number of hydrogen-bond acceptors (Lipinski definition) is 4. The lowest BCUT2D eigenvalue weighted by atomic mass is 10.1. The molecule has 0 N–H and O–H groups in total. The number of hydrogen-bond donors (Lipinski definition) is 0. The van der Waals surface area contributed by atoms with Crippen LogP contribution in [0.1, 0.15) is 41.9 Å². The molecule has 1 amide bonds. The molecule has 1 unspecified atom stereocenters. The summed E-state index contributed by atoms with van der Waals surface area (Å²) in [5, 5.41) is 5.07. The van der Waals surface area contributed by atoms with Crippen LogP contribution >= 0.6 is 23.2 Å². The van der Waals surface area contributed by atoms with Gasteiger partial charge < -0.3 is 9.64 Å². The van der Waals surface area contributed by atoms with Crippen molar-refractivity contribution in [3.63, 3.8) is 0 Å². The molecule has 6 nitrogen and oxygen atoms in total. The summed E-state index contributed by atoms with van der Waals surface area (Å²) >= 11 is 12.4. The fraction of sp³-hybridized carbons (Fsp3) is 0.318. The molecule has 2 aromatic heterocycles. The maximum atomic E-state index is 13.7. The summed E-state index contributed by atoms with van der Waals surface area (Å²) in [6, 6.07) is 8.94. The summed E-state index contributed by atoms with van der Waals surface area (Å²) in [5.74, 6) is 0.525. The van der Waals surface area contributed by atoms with E-state index in [1.54, 1.807) is 49.2 Å². The first-order valence-corrected chi connectivity index (χ1v) is 10.4. The number of nitrogens with zero attached hydrogens (tertiary/aromatic N) is 4. The quantitative estimate of drug-likeness (QED) is 0.469. The molecule has 0 saturated heterocycles. The van der Waals surface area contributed by atoms with Crippen LogP contribution in [0.3, 0.4) is 0 Å². The fourth-order valence-corrected chi connectivity index (χ4v) is 3.48. The minimum Gasteiger partial charge on any atom is -0.437 e. The predicted molar refractivity (Wildman–Crippen MR) is 118 cm³/mol. The van der Waals surface area contributed by atoms with E-state index in [1.807, 2.05) is 30.9 Å². The van der Waals surface area contributed by atoms with E-state index >= 15 is 0 Å². The standard InChI is InChI=1S/C22H24Cl2N4O2/c1-5-14(2)28(13-16-8-7-11-25-12-16)21(29)19-15(3)26-27(4)22(19)30-18-10-6-9-17(23)20(18)24/h6-12,14H,5,13H2,1-4H3. The Balaban J connectivity index is 2.00. The topological polar surface area (TPSA) is 60.2 Å². The number of amides is 1. The highest BCUT2D eigenvalue weighted by atomic mass is 35.5. The number of ether oxygens (including phenoxy) is 1. The van der Waals surface area contributed by atoms with Gasteiger partial charge in [-0.15, -0.1) is 0 Å². The van der Waals surface area contributed by atoms with Crippen LogP contribution in [0.2, 0.25) is 10.0 Å². The van der Waals surface area contributed by atoms with E-state index in [0.717, 1.165) is 12.0 Å². The molecule has 8 heteroatoms. The summed E-state index contributed by atoms with van der Waals surface area (Å²) in [7, 11) is 1.73. The zero-order valence-electron chi connectivity index (χ0n) is 17.4. The number of carbonyl (C=O) groups excluding carboxylic acids is 1. The molecule has 30 heavy (non-hydrogen) atoms. The minimum atomic E-state index is -0.160. The molecule has 1 aromatic carbocycles. The lowest BCUT2D eigenvalue weighted by Gasteiger charge is -2.29. The highest BCUT2D eigenvalue weighted by Crippen LogP contribution is 2.36. The zero-order valence-corrected chi connectivity index (χ0v) is 18.9. The molecule has 0 aliphatic heterocycles. The molecule has 0 fully saturated rings. The van der Waals surface area contributed by atoms with Crippen LogP contribution in [-0.4, -0.2) is 31.6 Å². The Hall–Kier alpha value is -2.57. The molecule has 0 aliphatic carbocycles. The monoisotopic (exact) mass is 446 g/mol. The van der Waals surface area contributed by atoms with E-state index in [2.05, 4.69) is 10.1 Å². The van der Waals surface area contributed by atoms with Gasteiger partial charge in [-0.1, -0.05) is 42.3 Å². The first-order valence-electron chi connectivity index (χ1n) is 9.68. The average Bonchev–Trinajstić information content (AvgIpc) is 3.02. The highest BCUT2D eigenvalue weighted by Gasteiger charge is 2.29. The Morgan fingerprint density at radius 1 is 1.27 bits per heavy atom. The first-order chi connectivity index (χ1) is 14.3. The average molecular weight is 447 g/mol. The van der Waals surface area contributed by atoms with Gasteiger partial charge in [-0.25, -0.2) is 4.68 Å². The molecular weight excluding hydrogens is 423 g/mol. The van der Waals surface area contributed by atoms with Crippen LogP contribution in [0, 0.1) is 6.92 Å². The first kappa shape index (κ1) is 22.1. The van der Waals surface area contributed by atoms with Crippen molar-refractivity contribution in [1.29, 1.82) is 0 Å². The van der Waals surface area contributed by atoms with E-state index < -0.39 is 0 Å². The van der Waals surface area contributed by atoms with Crippen LogP contribution in [-0.2, 0) is 13.6 Å². The number of pyridine rings is 1. The summed E-state index contributed by atoms with van der Waals surface area (Å²) < 4.78 is 7.57. The molecule has 158 valence electrons. The second-order valence-electron chi connectivity index (χ2n) is 7.09. The normalized spacial score (nSPS) is 11.9. The molecule has 0 aliphatic rings. The van der Waals surface area contributed by atoms with Crippen molar-refractivity contribution in [2.75, 3.05) is 0 Å². The summed E-state index contributed by atoms with van der Waals surface area (Å²) in [5.41, 5.74) is 1.93. The van der Waals surface area contributed by atoms with Crippen LogP contribution in [0.25, 0.3) is 0 Å². The second-order valence-corrected chi connectivity index (χ2v) is 7.88. The Labute approximate surface area is 186 Å². The minimum absolute atomic E-state index is 0.0138. The number of rotatable bonds is 7. The Kier molecular flexibility index (Phi) is 7.00. The molecule has 0 bridgehead atoms. The third-order valence-electron chi connectivity index (χ3n) is 4.97. The SMILES string of the molecule is CCC(C)N(Cc1cccnc1)C(=O)c1c(C)nn(C)c1Oc1cccc(Cl)c1Cl. The highest BCUT2D eigenvalue weighted by molar-refractivity contribution is 6.42. The molecule has 3 rings (SSSR count). The number of benzene rings is 1. The van der Waals surface area contributed by atoms with E-state index in [-0.39, 0.29) is 17.0 Å². The van der Waals surface area contributed by atoms with E-state index in [0.29, 0.717) is 34.5 Å². The molecule has 0 saturated carbocycles. The lowest BCUT2D eigenvalue weighted by molar-refractivity contribution is 0.0667. The predicted octanol–water partition coefficient (Wildman–Crippen LogP) is 5.66. The van der Waals surface area contributed by atoms with Gasteiger partial charge in [0.1, 0.15) is 16.3 Å². The summed E-state index contributed by atoms with van der Waals surface area (Å²) in [4.78, 5) is 19.6. The molecule has 1 atom stereocenters. The lowest BCUT2D eigenvalue weighted by Crippen LogP contribution is -2.38. The van der Waals surface area contributed by atoms with Gasteiger partial charge in [-0.05, 0) is 44.0 Å². The third-order valence-corrected chi connectivity index (χ3v) is 5.77. The van der Waals surface area contributed by atoms with Crippen molar-refractivity contribution in [3.05, 3.63) is 69.6 Å². The van der Waals surface area contributed by atoms with Gasteiger partial charge in [0.15, 0.2) is 0 Å². The van der Waals surface area contributed by atoms with E-state index in [9.17, 15) is 4.79 Å². The smallest absolute Gasteiger partial charge is 0.261 e. The number of carbonyl (C=O) groups is 1. The van der Waals surface area contributed by atoms with Crippen molar-refractivity contribution in [2.45, 2.75) is 39.8 Å². The molecule has 0 spiro atoms. The zero-order chi connectivity index (χ0) is 21.8. The number of halogens is 2. The van der Waals surface area contributed by atoms with Gasteiger partial charge in [0.2, 0.25) is 5.88 Å². The van der Waals surface area contributed by atoms with Gasteiger partial charge in [0, 0.05) is 32.0 Å². The Morgan fingerprint density at radius 2 is 2.03 bits per heavy atom. The summed E-state index contributed by atoms with van der Waals surface area (Å²) in [6.45, 7) is 6.30. The fourth-order valence-electron chi connectivity index (χ4n) is 3.15. The van der Waals surface area contributed by atoms with Gasteiger partial charge in [0.25, 0.3) is 5.91 Å². The van der Waals surface area contributed by atoms with Crippen molar-refractivity contribution < 1.29 is 9.53 Å². The van der Waals surface area contributed by atoms with Gasteiger partial charge >= 0.3 is 0 Å². The maximum Gasteiger partial charge on any atom is 0.261 e. The Morgan fingerprint density at radius 3 is 2.70 bits per heavy atom. The van der Waals surface area contributed by atoms with Crippen molar-refractivity contribution in [2.24, 2.45) is 7.05 Å². The van der Waals surface area contributed by atoms with E-state index in [4.69, 9.17) is 27.9 Å². The van der Waals surface area contributed by atoms with Gasteiger partial charge in [-0.3, -0.25) is 9.78 Å². The van der Waals surface area contributed by atoms with Crippen LogP contribution < -0.4 is 4.74 Å². The van der Waals surface area contributed by atoms with Crippen molar-refractivity contribution in [1.82, 2.24) is 19.7 Å². The summed E-state index contributed by atoms with van der Waals surface area (Å²) in [6.07, 6.45) is 4.29.